The van der Waals surface area contributed by atoms with Crippen LogP contribution in [0.25, 0.3) is 0 Å². The van der Waals surface area contributed by atoms with Gasteiger partial charge in [0.15, 0.2) is 0 Å². The van der Waals surface area contributed by atoms with Crippen LogP contribution in [0.15, 0.2) is 0 Å². The summed E-state index contributed by atoms with van der Waals surface area (Å²) in [5.74, 6) is 1.49. The van der Waals surface area contributed by atoms with Gasteiger partial charge in [-0.1, -0.05) is 71.1 Å². The maximum atomic E-state index is 13.8. The van der Waals surface area contributed by atoms with Crippen LogP contribution in [0.5, 0.6) is 0 Å². The van der Waals surface area contributed by atoms with Crippen LogP contribution in [0.1, 0.15) is 110 Å². The fourth-order valence-electron chi connectivity index (χ4n) is 6.50. The molecule has 0 aromatic rings. The summed E-state index contributed by atoms with van der Waals surface area (Å²) in [6, 6.07) is 0. The second-order valence-electron chi connectivity index (χ2n) is 11.0. The van der Waals surface area contributed by atoms with Gasteiger partial charge in [-0.3, -0.25) is 4.79 Å². The molecule has 1 amide bonds. The Morgan fingerprint density at radius 1 is 0.719 bits per heavy atom. The van der Waals surface area contributed by atoms with E-state index in [0.29, 0.717) is 17.7 Å². The molecule has 0 aliphatic carbocycles. The van der Waals surface area contributed by atoms with Crippen molar-refractivity contribution < 1.29 is 4.79 Å². The SMILES string of the molecule is CCCCCCCCCCCCC(C(=O)NCC)(C1CCN(C)CC1)C1CCN(C)CC1. The lowest BCUT2D eigenvalue weighted by atomic mass is 9.58. The van der Waals surface area contributed by atoms with Gasteiger partial charge in [0.25, 0.3) is 0 Å². The van der Waals surface area contributed by atoms with Crippen LogP contribution in [0.4, 0.5) is 0 Å². The Bertz CT molecular complexity index is 471. The molecular weight excluding hydrogens is 394 g/mol. The highest BCUT2D eigenvalue weighted by molar-refractivity contribution is 5.83. The minimum atomic E-state index is -0.140. The van der Waals surface area contributed by atoms with Gasteiger partial charge in [-0.2, -0.15) is 0 Å². The van der Waals surface area contributed by atoms with Gasteiger partial charge in [0, 0.05) is 6.54 Å². The van der Waals surface area contributed by atoms with Crippen LogP contribution < -0.4 is 5.32 Å². The first-order chi connectivity index (χ1) is 15.5. The Labute approximate surface area is 200 Å². The maximum Gasteiger partial charge on any atom is 0.226 e. The van der Waals surface area contributed by atoms with E-state index in [9.17, 15) is 4.79 Å². The highest BCUT2D eigenvalue weighted by Crippen LogP contribution is 2.49. The van der Waals surface area contributed by atoms with E-state index in [-0.39, 0.29) is 5.41 Å². The lowest BCUT2D eigenvalue weighted by Crippen LogP contribution is -2.55. The molecule has 4 nitrogen and oxygen atoms in total. The molecule has 2 aliphatic heterocycles. The van der Waals surface area contributed by atoms with E-state index < -0.39 is 0 Å². The smallest absolute Gasteiger partial charge is 0.226 e. The highest BCUT2D eigenvalue weighted by Gasteiger charge is 2.51. The Hall–Kier alpha value is -0.610. The van der Waals surface area contributed by atoms with Gasteiger partial charge < -0.3 is 15.1 Å². The van der Waals surface area contributed by atoms with Gasteiger partial charge >= 0.3 is 0 Å². The summed E-state index contributed by atoms with van der Waals surface area (Å²) in [4.78, 5) is 18.7. The van der Waals surface area contributed by atoms with E-state index in [1.165, 1.54) is 89.9 Å². The maximum absolute atomic E-state index is 13.8. The van der Waals surface area contributed by atoms with E-state index in [2.05, 4.69) is 43.1 Å². The third-order valence-corrected chi connectivity index (χ3v) is 8.60. The van der Waals surface area contributed by atoms with Gasteiger partial charge in [0.05, 0.1) is 5.41 Å². The molecule has 2 fully saturated rings. The predicted molar refractivity (Wildman–Crippen MR) is 138 cm³/mol. The Morgan fingerprint density at radius 3 is 1.53 bits per heavy atom. The third kappa shape index (κ3) is 8.31. The first kappa shape index (κ1) is 27.6. The molecule has 188 valence electrons. The largest absolute Gasteiger partial charge is 0.356 e. The molecule has 0 spiro atoms. The molecular formula is C28H55N3O. The van der Waals surface area contributed by atoms with E-state index in [4.69, 9.17) is 0 Å². The number of piperidine rings is 2. The number of likely N-dealkylation sites (tertiary alicyclic amines) is 2. The number of unbranched alkanes of at least 4 members (excludes halogenated alkanes) is 9. The molecule has 32 heavy (non-hydrogen) atoms. The zero-order valence-electron chi connectivity index (χ0n) is 22.1. The molecule has 2 rings (SSSR count). The molecule has 2 saturated heterocycles. The van der Waals surface area contributed by atoms with Crippen molar-refractivity contribution in [2.75, 3.05) is 46.8 Å². The first-order valence-corrected chi connectivity index (χ1v) is 14.2. The predicted octanol–water partition coefficient (Wildman–Crippen LogP) is 6.10. The number of nitrogens with one attached hydrogen (secondary N) is 1. The summed E-state index contributed by atoms with van der Waals surface area (Å²) in [6.45, 7) is 9.74. The summed E-state index contributed by atoms with van der Waals surface area (Å²) in [5.41, 5.74) is -0.140. The van der Waals surface area contributed by atoms with Crippen LogP contribution in [-0.4, -0.2) is 62.5 Å². The summed E-state index contributed by atoms with van der Waals surface area (Å²) in [6.07, 6.45) is 19.5. The van der Waals surface area contributed by atoms with Crippen molar-refractivity contribution in [1.82, 2.24) is 15.1 Å². The van der Waals surface area contributed by atoms with Crippen LogP contribution in [0.3, 0.4) is 0 Å². The number of amides is 1. The van der Waals surface area contributed by atoms with Crippen LogP contribution in [0, 0.1) is 17.3 Å². The molecule has 0 bridgehead atoms. The minimum absolute atomic E-state index is 0.140. The van der Waals surface area contributed by atoms with Crippen molar-refractivity contribution >= 4 is 5.91 Å². The van der Waals surface area contributed by atoms with Crippen molar-refractivity contribution in [2.24, 2.45) is 17.3 Å². The topological polar surface area (TPSA) is 35.6 Å². The number of hydrogen-bond donors (Lipinski definition) is 1. The number of carbonyl (C=O) groups excluding carboxylic acids is 1. The van der Waals surface area contributed by atoms with Gasteiger partial charge in [0.2, 0.25) is 5.91 Å². The summed E-state index contributed by atoms with van der Waals surface area (Å²) >= 11 is 0. The summed E-state index contributed by atoms with van der Waals surface area (Å²) in [5, 5.41) is 3.32. The number of rotatable bonds is 15. The number of hydrogen-bond acceptors (Lipinski definition) is 3. The fourth-order valence-corrected chi connectivity index (χ4v) is 6.50. The molecule has 0 aromatic heterocycles. The molecule has 0 atom stereocenters. The second kappa shape index (κ2) is 15.3. The van der Waals surface area contributed by atoms with Crippen LogP contribution >= 0.6 is 0 Å². The van der Waals surface area contributed by atoms with Crippen LogP contribution in [0.2, 0.25) is 0 Å². The van der Waals surface area contributed by atoms with Crippen molar-refractivity contribution in [1.29, 1.82) is 0 Å². The third-order valence-electron chi connectivity index (χ3n) is 8.60. The molecule has 0 aromatic carbocycles. The quantitative estimate of drug-likeness (QED) is 0.307. The van der Waals surface area contributed by atoms with Gasteiger partial charge in [-0.05, 0) is 91.1 Å². The van der Waals surface area contributed by atoms with Crippen molar-refractivity contribution in [2.45, 2.75) is 110 Å². The molecule has 4 heteroatoms. The van der Waals surface area contributed by atoms with Gasteiger partial charge in [0.1, 0.15) is 0 Å². The Balaban J connectivity index is 1.96. The van der Waals surface area contributed by atoms with Gasteiger partial charge in [-0.15, -0.1) is 0 Å². The van der Waals surface area contributed by atoms with E-state index >= 15 is 0 Å². The molecule has 1 N–H and O–H groups in total. The minimum Gasteiger partial charge on any atom is -0.356 e. The standard InChI is InChI=1S/C28H55N3O/c1-5-7-8-9-10-11-12-13-14-15-20-28(27(32)29-6-2,25-16-21-30(3)22-17-25)26-18-23-31(4)24-19-26/h25-26H,5-24H2,1-4H3,(H,29,32). The summed E-state index contributed by atoms with van der Waals surface area (Å²) < 4.78 is 0. The Morgan fingerprint density at radius 2 is 1.12 bits per heavy atom. The molecule has 0 saturated carbocycles. The zero-order chi connectivity index (χ0) is 23.2. The molecule has 2 aliphatic rings. The summed E-state index contributed by atoms with van der Waals surface area (Å²) in [7, 11) is 4.48. The normalized spacial score (nSPS) is 20.0. The first-order valence-electron chi connectivity index (χ1n) is 14.2. The zero-order valence-corrected chi connectivity index (χ0v) is 22.1. The van der Waals surface area contributed by atoms with Crippen LogP contribution in [-0.2, 0) is 4.79 Å². The molecule has 0 radical (unpaired) electrons. The van der Waals surface area contributed by atoms with E-state index in [0.717, 1.165) is 39.1 Å². The van der Waals surface area contributed by atoms with E-state index in [1.54, 1.807) is 0 Å². The highest BCUT2D eigenvalue weighted by atomic mass is 16.2. The molecule has 2 heterocycles. The lowest BCUT2D eigenvalue weighted by Gasteiger charge is -2.50. The van der Waals surface area contributed by atoms with Crippen molar-refractivity contribution in [3.8, 4) is 0 Å². The van der Waals surface area contributed by atoms with Crippen molar-refractivity contribution in [3.63, 3.8) is 0 Å². The second-order valence-corrected chi connectivity index (χ2v) is 11.0. The number of nitrogens with zero attached hydrogens (tertiary/aromatic N) is 2. The van der Waals surface area contributed by atoms with Crippen molar-refractivity contribution in [3.05, 3.63) is 0 Å². The average molecular weight is 450 g/mol. The fraction of sp³-hybridized carbons (Fsp3) is 0.964. The van der Waals surface area contributed by atoms with E-state index in [1.807, 2.05) is 0 Å². The Kier molecular flexibility index (Phi) is 13.2. The number of carbonyl (C=O) groups is 1. The monoisotopic (exact) mass is 449 g/mol. The average Bonchev–Trinajstić information content (AvgIpc) is 2.79. The lowest BCUT2D eigenvalue weighted by molar-refractivity contribution is -0.143. The van der Waals surface area contributed by atoms with Gasteiger partial charge in [-0.25, -0.2) is 0 Å². The molecule has 0 unspecified atom stereocenters.